The van der Waals surface area contributed by atoms with E-state index in [1.807, 2.05) is 0 Å². The molecule has 2 fully saturated rings. The van der Waals surface area contributed by atoms with Crippen LogP contribution in [0.2, 0.25) is 0 Å². The molecule has 0 amide bonds. The van der Waals surface area contributed by atoms with Gasteiger partial charge >= 0.3 is 0 Å². The number of aromatic amines is 1. The Bertz CT molecular complexity index is 556. The summed E-state index contributed by atoms with van der Waals surface area (Å²) in [6.07, 6.45) is 5.41. The third-order valence-corrected chi connectivity index (χ3v) is 5.27. The maximum atomic E-state index is 3.76. The average Bonchev–Trinajstić information content (AvgIpc) is 2.94. The molecule has 3 heterocycles. The van der Waals surface area contributed by atoms with Crippen LogP contribution in [0.4, 0.5) is 0 Å². The van der Waals surface area contributed by atoms with E-state index < -0.39 is 0 Å². The van der Waals surface area contributed by atoms with Gasteiger partial charge in [-0.2, -0.15) is 0 Å². The Morgan fingerprint density at radius 2 is 1.95 bits per heavy atom. The van der Waals surface area contributed by atoms with Crippen molar-refractivity contribution in [3.63, 3.8) is 0 Å². The quantitative estimate of drug-likeness (QED) is 0.897. The number of H-pyrrole nitrogens is 1. The highest BCUT2D eigenvalue weighted by atomic mass is 15.2. The van der Waals surface area contributed by atoms with Crippen LogP contribution in [-0.2, 0) is 6.54 Å². The largest absolute Gasteiger partial charge is 0.357 e. The van der Waals surface area contributed by atoms with Gasteiger partial charge in [0.25, 0.3) is 0 Å². The summed E-state index contributed by atoms with van der Waals surface area (Å²) in [5.74, 6) is 0. The zero-order chi connectivity index (χ0) is 13.5. The van der Waals surface area contributed by atoms with Crippen molar-refractivity contribution >= 4 is 10.9 Å². The second-order valence-electron chi connectivity index (χ2n) is 6.48. The zero-order valence-corrected chi connectivity index (χ0v) is 12.1. The van der Waals surface area contributed by atoms with Crippen LogP contribution in [0.15, 0.2) is 30.3 Å². The third-order valence-electron chi connectivity index (χ3n) is 5.27. The van der Waals surface area contributed by atoms with Crippen molar-refractivity contribution in [2.45, 2.75) is 50.4 Å². The lowest BCUT2D eigenvalue weighted by atomic mass is 9.98. The number of benzene rings is 1. The Labute approximate surface area is 120 Å². The molecular formula is C17H23N3. The fourth-order valence-corrected chi connectivity index (χ4v) is 4.06. The predicted molar refractivity (Wildman–Crippen MR) is 82.7 cm³/mol. The molecule has 2 unspecified atom stereocenters. The summed E-state index contributed by atoms with van der Waals surface area (Å²) in [4.78, 5) is 6.11. The molecule has 1 aromatic carbocycles. The van der Waals surface area contributed by atoms with Gasteiger partial charge in [0.1, 0.15) is 0 Å². The first-order valence-electron chi connectivity index (χ1n) is 7.81. The Balaban J connectivity index is 1.41. The van der Waals surface area contributed by atoms with Crippen molar-refractivity contribution < 1.29 is 0 Å². The van der Waals surface area contributed by atoms with Crippen LogP contribution < -0.4 is 5.32 Å². The van der Waals surface area contributed by atoms with Gasteiger partial charge in [0.15, 0.2) is 0 Å². The SMILES string of the molecule is CN1C2CCC1CC(NCc1cc3ccccc3[nH]1)C2. The molecule has 3 heteroatoms. The summed E-state index contributed by atoms with van der Waals surface area (Å²) in [5.41, 5.74) is 2.55. The van der Waals surface area contributed by atoms with Gasteiger partial charge in [0, 0.05) is 35.9 Å². The van der Waals surface area contributed by atoms with E-state index in [9.17, 15) is 0 Å². The van der Waals surface area contributed by atoms with Crippen LogP contribution in [0.25, 0.3) is 10.9 Å². The molecule has 0 aliphatic carbocycles. The standard InChI is InChI=1S/C17H23N3/c1-20-15-6-7-16(20)10-13(9-15)18-11-14-8-12-4-2-3-5-17(12)19-14/h2-5,8,13,15-16,18-19H,6-7,9-11H2,1H3. The lowest BCUT2D eigenvalue weighted by molar-refractivity contribution is 0.148. The average molecular weight is 269 g/mol. The Morgan fingerprint density at radius 1 is 1.20 bits per heavy atom. The number of hydrogen-bond donors (Lipinski definition) is 2. The number of fused-ring (bicyclic) bond motifs is 3. The third kappa shape index (κ3) is 2.15. The van der Waals surface area contributed by atoms with E-state index in [0.717, 1.165) is 18.6 Å². The normalized spacial score (nSPS) is 30.1. The van der Waals surface area contributed by atoms with E-state index >= 15 is 0 Å². The van der Waals surface area contributed by atoms with Gasteiger partial charge in [0.05, 0.1) is 0 Å². The van der Waals surface area contributed by atoms with Crippen LogP contribution in [0.5, 0.6) is 0 Å². The Kier molecular flexibility index (Phi) is 3.04. The number of rotatable bonds is 3. The highest BCUT2D eigenvalue weighted by Crippen LogP contribution is 2.34. The summed E-state index contributed by atoms with van der Waals surface area (Å²) in [5, 5.41) is 5.08. The van der Waals surface area contributed by atoms with E-state index in [2.05, 4.69) is 52.6 Å². The molecule has 2 aliphatic rings. The maximum absolute atomic E-state index is 3.76. The number of aromatic nitrogens is 1. The fourth-order valence-electron chi connectivity index (χ4n) is 4.06. The van der Waals surface area contributed by atoms with E-state index in [1.165, 1.54) is 42.3 Å². The molecule has 2 bridgehead atoms. The molecule has 0 radical (unpaired) electrons. The smallest absolute Gasteiger partial charge is 0.0456 e. The molecule has 106 valence electrons. The monoisotopic (exact) mass is 269 g/mol. The molecule has 2 saturated heterocycles. The van der Waals surface area contributed by atoms with Gasteiger partial charge in [0.2, 0.25) is 0 Å². The summed E-state index contributed by atoms with van der Waals surface area (Å²) in [6, 6.07) is 13.1. The number of hydrogen-bond acceptors (Lipinski definition) is 2. The first kappa shape index (κ1) is 12.4. The molecule has 2 N–H and O–H groups in total. The van der Waals surface area contributed by atoms with Crippen molar-refractivity contribution in [3.8, 4) is 0 Å². The topological polar surface area (TPSA) is 31.1 Å². The van der Waals surface area contributed by atoms with Crippen LogP contribution in [0, 0.1) is 0 Å². The van der Waals surface area contributed by atoms with Gasteiger partial charge in [-0.05, 0) is 50.2 Å². The van der Waals surface area contributed by atoms with Gasteiger partial charge in [-0.3, -0.25) is 0 Å². The zero-order valence-electron chi connectivity index (χ0n) is 12.1. The highest BCUT2D eigenvalue weighted by Gasteiger charge is 2.37. The van der Waals surface area contributed by atoms with Gasteiger partial charge in [-0.15, -0.1) is 0 Å². The summed E-state index contributed by atoms with van der Waals surface area (Å²) in [6.45, 7) is 0.961. The van der Waals surface area contributed by atoms with Crippen LogP contribution in [0.3, 0.4) is 0 Å². The predicted octanol–water partition coefficient (Wildman–Crippen LogP) is 2.88. The Hall–Kier alpha value is -1.32. The van der Waals surface area contributed by atoms with Crippen LogP contribution in [-0.4, -0.2) is 35.1 Å². The molecule has 2 aliphatic heterocycles. The second-order valence-corrected chi connectivity index (χ2v) is 6.48. The number of nitrogens with one attached hydrogen (secondary N) is 2. The lowest BCUT2D eigenvalue weighted by Crippen LogP contribution is -2.47. The van der Waals surface area contributed by atoms with Gasteiger partial charge in [-0.1, -0.05) is 18.2 Å². The number of para-hydroxylation sites is 1. The highest BCUT2D eigenvalue weighted by molar-refractivity contribution is 5.80. The van der Waals surface area contributed by atoms with Crippen molar-refractivity contribution in [2.24, 2.45) is 0 Å². The summed E-state index contributed by atoms with van der Waals surface area (Å²) >= 11 is 0. The lowest BCUT2D eigenvalue weighted by Gasteiger charge is -2.36. The van der Waals surface area contributed by atoms with Crippen molar-refractivity contribution in [1.29, 1.82) is 0 Å². The number of nitrogens with zero attached hydrogens (tertiary/aromatic N) is 1. The molecule has 2 atom stereocenters. The summed E-state index contributed by atoms with van der Waals surface area (Å²) < 4.78 is 0. The molecule has 1 aromatic heterocycles. The maximum Gasteiger partial charge on any atom is 0.0456 e. The minimum absolute atomic E-state index is 0.690. The molecule has 0 saturated carbocycles. The van der Waals surface area contributed by atoms with E-state index in [-0.39, 0.29) is 0 Å². The van der Waals surface area contributed by atoms with Crippen molar-refractivity contribution in [3.05, 3.63) is 36.0 Å². The van der Waals surface area contributed by atoms with Crippen LogP contribution in [0.1, 0.15) is 31.4 Å². The van der Waals surface area contributed by atoms with E-state index in [4.69, 9.17) is 0 Å². The number of piperidine rings is 1. The summed E-state index contributed by atoms with van der Waals surface area (Å²) in [7, 11) is 2.30. The van der Waals surface area contributed by atoms with Gasteiger partial charge in [-0.25, -0.2) is 0 Å². The van der Waals surface area contributed by atoms with Crippen molar-refractivity contribution in [2.75, 3.05) is 7.05 Å². The van der Waals surface area contributed by atoms with Gasteiger partial charge < -0.3 is 15.2 Å². The molecule has 4 rings (SSSR count). The first-order valence-corrected chi connectivity index (χ1v) is 7.81. The molecular weight excluding hydrogens is 246 g/mol. The van der Waals surface area contributed by atoms with E-state index in [0.29, 0.717) is 6.04 Å². The molecule has 0 spiro atoms. The first-order chi connectivity index (χ1) is 9.79. The van der Waals surface area contributed by atoms with Crippen molar-refractivity contribution in [1.82, 2.24) is 15.2 Å². The van der Waals surface area contributed by atoms with Crippen LogP contribution >= 0.6 is 0 Å². The minimum atomic E-state index is 0.690. The van der Waals surface area contributed by atoms with E-state index in [1.54, 1.807) is 0 Å². The molecule has 2 aromatic rings. The fraction of sp³-hybridized carbons (Fsp3) is 0.529. The Morgan fingerprint density at radius 3 is 2.70 bits per heavy atom. The molecule has 20 heavy (non-hydrogen) atoms. The molecule has 3 nitrogen and oxygen atoms in total. The minimum Gasteiger partial charge on any atom is -0.357 e. The second kappa shape index (κ2) is 4.90.